The Labute approximate surface area is 124 Å². The lowest BCUT2D eigenvalue weighted by Crippen LogP contribution is -2.32. The van der Waals surface area contributed by atoms with Gasteiger partial charge in [0, 0.05) is 25.8 Å². The number of nitrogens with zero attached hydrogens (tertiary/aromatic N) is 1. The van der Waals surface area contributed by atoms with Gasteiger partial charge in [-0.15, -0.1) is 0 Å². The van der Waals surface area contributed by atoms with E-state index in [4.69, 9.17) is 4.74 Å². The maximum atomic E-state index is 13.1. The van der Waals surface area contributed by atoms with Crippen LogP contribution < -0.4 is 0 Å². The molecule has 5 heteroatoms. The number of rotatable bonds is 6. The van der Waals surface area contributed by atoms with Crippen molar-refractivity contribution in [1.29, 1.82) is 0 Å². The summed E-state index contributed by atoms with van der Waals surface area (Å²) < 4.78 is 31.7. The molecule has 3 nitrogen and oxygen atoms in total. The molecule has 1 saturated heterocycles. The molecule has 1 fully saturated rings. The fraction of sp³-hybridized carbons (Fsp3) is 0.625. The lowest BCUT2D eigenvalue weighted by molar-refractivity contribution is 0.0399. The molecule has 0 aromatic heterocycles. The molecule has 0 amide bonds. The van der Waals surface area contributed by atoms with E-state index in [0.29, 0.717) is 24.4 Å². The molecule has 0 aliphatic carbocycles. The number of aliphatic hydroxyl groups is 1. The average Bonchev–Trinajstić information content (AvgIpc) is 2.45. The van der Waals surface area contributed by atoms with Gasteiger partial charge in [0.2, 0.25) is 0 Å². The SMILES string of the molecule is CN(CCC(O)c1cc(F)cc(F)c1)CC1CCCOC1. The molecule has 2 unspecified atom stereocenters. The highest BCUT2D eigenvalue weighted by Gasteiger charge is 2.17. The number of hydrogen-bond donors (Lipinski definition) is 1. The van der Waals surface area contributed by atoms with Crippen molar-refractivity contribution in [3.8, 4) is 0 Å². The van der Waals surface area contributed by atoms with Crippen LogP contribution in [-0.2, 0) is 4.74 Å². The summed E-state index contributed by atoms with van der Waals surface area (Å²) >= 11 is 0. The normalized spacial score (nSPS) is 20.7. The van der Waals surface area contributed by atoms with Crippen LogP contribution in [0.5, 0.6) is 0 Å². The Bertz CT molecular complexity index is 430. The summed E-state index contributed by atoms with van der Waals surface area (Å²) in [5, 5.41) is 10.0. The Balaban J connectivity index is 1.78. The second-order valence-electron chi connectivity index (χ2n) is 5.85. The van der Waals surface area contributed by atoms with Gasteiger partial charge in [0.15, 0.2) is 0 Å². The van der Waals surface area contributed by atoms with E-state index in [1.807, 2.05) is 7.05 Å². The molecular formula is C16H23F2NO2. The van der Waals surface area contributed by atoms with Gasteiger partial charge in [-0.3, -0.25) is 0 Å². The molecule has 2 atom stereocenters. The van der Waals surface area contributed by atoms with Gasteiger partial charge in [-0.1, -0.05) is 0 Å². The van der Waals surface area contributed by atoms with E-state index in [-0.39, 0.29) is 0 Å². The van der Waals surface area contributed by atoms with E-state index in [0.717, 1.165) is 32.2 Å². The van der Waals surface area contributed by atoms with Gasteiger partial charge in [0.05, 0.1) is 12.7 Å². The molecule has 1 heterocycles. The van der Waals surface area contributed by atoms with Crippen molar-refractivity contribution < 1.29 is 18.6 Å². The molecule has 1 N–H and O–H groups in total. The Morgan fingerprint density at radius 2 is 2.05 bits per heavy atom. The van der Waals surface area contributed by atoms with Crippen molar-refractivity contribution >= 4 is 0 Å². The van der Waals surface area contributed by atoms with Gasteiger partial charge in [0.1, 0.15) is 11.6 Å². The van der Waals surface area contributed by atoms with E-state index >= 15 is 0 Å². The lowest BCUT2D eigenvalue weighted by atomic mass is 10.0. The monoisotopic (exact) mass is 299 g/mol. The van der Waals surface area contributed by atoms with Crippen molar-refractivity contribution in [2.24, 2.45) is 5.92 Å². The van der Waals surface area contributed by atoms with Crippen LogP contribution in [0.25, 0.3) is 0 Å². The highest BCUT2D eigenvalue weighted by molar-refractivity contribution is 5.20. The number of halogens is 2. The number of hydrogen-bond acceptors (Lipinski definition) is 3. The number of aliphatic hydroxyl groups excluding tert-OH is 1. The first-order valence-corrected chi connectivity index (χ1v) is 7.45. The number of benzene rings is 1. The van der Waals surface area contributed by atoms with E-state index in [9.17, 15) is 13.9 Å². The third-order valence-corrected chi connectivity index (χ3v) is 3.88. The van der Waals surface area contributed by atoms with Crippen LogP contribution in [0.4, 0.5) is 8.78 Å². The third-order valence-electron chi connectivity index (χ3n) is 3.88. The molecule has 1 aliphatic heterocycles. The van der Waals surface area contributed by atoms with Crippen molar-refractivity contribution in [3.63, 3.8) is 0 Å². The third kappa shape index (κ3) is 5.34. The van der Waals surface area contributed by atoms with Gasteiger partial charge in [0.25, 0.3) is 0 Å². The topological polar surface area (TPSA) is 32.7 Å². The summed E-state index contributed by atoms with van der Waals surface area (Å²) in [5.74, 6) is -0.777. The summed E-state index contributed by atoms with van der Waals surface area (Å²) in [6.45, 7) is 3.24. The summed E-state index contributed by atoms with van der Waals surface area (Å²) in [6.07, 6.45) is 1.87. The molecule has 1 aromatic carbocycles. The van der Waals surface area contributed by atoms with Crippen LogP contribution in [0, 0.1) is 17.6 Å². The van der Waals surface area contributed by atoms with Gasteiger partial charge in [-0.25, -0.2) is 8.78 Å². The van der Waals surface area contributed by atoms with Crippen LogP contribution in [0.3, 0.4) is 0 Å². The second kappa shape index (κ2) is 7.82. The smallest absolute Gasteiger partial charge is 0.126 e. The molecule has 0 saturated carbocycles. The van der Waals surface area contributed by atoms with Gasteiger partial charge < -0.3 is 14.7 Å². The maximum Gasteiger partial charge on any atom is 0.126 e. The van der Waals surface area contributed by atoms with E-state index < -0.39 is 17.7 Å². The van der Waals surface area contributed by atoms with Gasteiger partial charge in [-0.05, 0) is 49.9 Å². The summed E-state index contributed by atoms with van der Waals surface area (Å²) in [4.78, 5) is 2.14. The molecule has 1 aromatic rings. The first kappa shape index (κ1) is 16.3. The molecule has 0 bridgehead atoms. The Morgan fingerprint density at radius 1 is 1.33 bits per heavy atom. The minimum absolute atomic E-state index is 0.293. The number of ether oxygens (including phenoxy) is 1. The summed E-state index contributed by atoms with van der Waals surface area (Å²) in [6, 6.07) is 3.18. The van der Waals surface area contributed by atoms with Gasteiger partial charge in [-0.2, -0.15) is 0 Å². The van der Waals surface area contributed by atoms with E-state index in [1.165, 1.54) is 18.6 Å². The highest BCUT2D eigenvalue weighted by atomic mass is 19.1. The Morgan fingerprint density at radius 3 is 2.67 bits per heavy atom. The first-order chi connectivity index (χ1) is 10.0. The quantitative estimate of drug-likeness (QED) is 0.877. The zero-order valence-corrected chi connectivity index (χ0v) is 12.4. The minimum atomic E-state index is -0.847. The molecule has 1 aliphatic rings. The summed E-state index contributed by atoms with van der Waals surface area (Å²) in [7, 11) is 1.99. The van der Waals surface area contributed by atoms with Crippen LogP contribution >= 0.6 is 0 Å². The molecule has 118 valence electrons. The van der Waals surface area contributed by atoms with Crippen molar-refractivity contribution in [2.45, 2.75) is 25.4 Å². The predicted octanol–water partition coefficient (Wildman–Crippen LogP) is 2.75. The summed E-state index contributed by atoms with van der Waals surface area (Å²) in [5.41, 5.74) is 0.293. The zero-order valence-electron chi connectivity index (χ0n) is 12.4. The van der Waals surface area contributed by atoms with Crippen molar-refractivity contribution in [1.82, 2.24) is 4.90 Å². The maximum absolute atomic E-state index is 13.1. The van der Waals surface area contributed by atoms with E-state index in [1.54, 1.807) is 0 Å². The minimum Gasteiger partial charge on any atom is -0.388 e. The highest BCUT2D eigenvalue weighted by Crippen LogP contribution is 2.20. The van der Waals surface area contributed by atoms with Gasteiger partial charge >= 0.3 is 0 Å². The van der Waals surface area contributed by atoms with Crippen molar-refractivity contribution in [2.75, 3.05) is 33.4 Å². The van der Waals surface area contributed by atoms with Crippen LogP contribution in [0.1, 0.15) is 30.9 Å². The van der Waals surface area contributed by atoms with Crippen LogP contribution in [-0.4, -0.2) is 43.4 Å². The largest absolute Gasteiger partial charge is 0.388 e. The molecule has 21 heavy (non-hydrogen) atoms. The molecule has 2 rings (SSSR count). The molecule has 0 radical (unpaired) electrons. The predicted molar refractivity (Wildman–Crippen MR) is 77.0 cm³/mol. The fourth-order valence-corrected chi connectivity index (χ4v) is 2.76. The Hall–Kier alpha value is -1.04. The standard InChI is InChI=1S/C16H23F2NO2/c1-19(10-12-3-2-6-21-11-12)5-4-16(20)13-7-14(17)9-15(18)8-13/h7-9,12,16,20H,2-6,10-11H2,1H3. The van der Waals surface area contributed by atoms with Crippen LogP contribution in [0.2, 0.25) is 0 Å². The Kier molecular flexibility index (Phi) is 6.08. The molecular weight excluding hydrogens is 276 g/mol. The first-order valence-electron chi connectivity index (χ1n) is 7.45. The lowest BCUT2D eigenvalue weighted by Gasteiger charge is -2.27. The fourth-order valence-electron chi connectivity index (χ4n) is 2.76. The average molecular weight is 299 g/mol. The second-order valence-corrected chi connectivity index (χ2v) is 5.85. The van der Waals surface area contributed by atoms with Crippen molar-refractivity contribution in [3.05, 3.63) is 35.4 Å². The van der Waals surface area contributed by atoms with Crippen LogP contribution in [0.15, 0.2) is 18.2 Å². The molecule has 0 spiro atoms. The zero-order chi connectivity index (χ0) is 15.2. The van der Waals surface area contributed by atoms with E-state index in [2.05, 4.69) is 4.90 Å².